The Morgan fingerprint density at radius 2 is 1.87 bits per heavy atom. The van der Waals surface area contributed by atoms with Crippen LogP contribution in [0.25, 0.3) is 11.0 Å². The maximum atomic E-state index is 13.8. The highest BCUT2D eigenvalue weighted by Crippen LogP contribution is 2.39. The minimum absolute atomic E-state index is 0.0247. The average Bonchev–Trinajstić information content (AvgIpc) is 3.69. The summed E-state index contributed by atoms with van der Waals surface area (Å²) in [5.74, 6) is 1.48. The molecule has 0 N–H and O–H groups in total. The maximum Gasteiger partial charge on any atom is 0.252 e. The number of rotatable bonds is 6. The van der Waals surface area contributed by atoms with Gasteiger partial charge in [0.15, 0.2) is 5.82 Å². The van der Waals surface area contributed by atoms with Crippen molar-refractivity contribution in [1.29, 1.82) is 5.26 Å². The Bertz CT molecular complexity index is 1620. The topological polar surface area (TPSA) is 104 Å². The summed E-state index contributed by atoms with van der Waals surface area (Å²) in [4.78, 5) is 26.7. The van der Waals surface area contributed by atoms with E-state index in [9.17, 15) is 14.4 Å². The molecule has 3 atom stereocenters. The van der Waals surface area contributed by atoms with Gasteiger partial charge in [0.05, 0.1) is 11.2 Å². The standard InChI is InChI=1S/C29H30FN7O2/c1-17-16-37(25-13-27(38)35(3)23-11-10-22(14-31)32-28(23)25)18(2)15-36(17)24(19-6-8-21(30)9-7-19)12-26-33-29(34-39-26)20-4-5-20/h6-11,13,17-18,20,24H,4-5,12,15-16H2,1-3H3/t17?,18-,24?/m0/s1. The normalized spacial score (nSPS) is 20.7. The molecule has 10 heteroatoms. The predicted octanol–water partition coefficient (Wildman–Crippen LogP) is 4.09. The van der Waals surface area contributed by atoms with Crippen LogP contribution in [-0.2, 0) is 13.5 Å². The molecule has 2 aliphatic rings. The number of fused-ring (bicyclic) bond motifs is 1. The molecule has 2 fully saturated rings. The van der Waals surface area contributed by atoms with E-state index in [0.717, 1.165) is 29.9 Å². The van der Waals surface area contributed by atoms with Gasteiger partial charge in [0.1, 0.15) is 23.1 Å². The van der Waals surface area contributed by atoms with Crippen molar-refractivity contribution in [2.24, 2.45) is 7.05 Å². The molecule has 200 valence electrons. The summed E-state index contributed by atoms with van der Waals surface area (Å²) in [6.07, 6.45) is 2.71. The maximum absolute atomic E-state index is 13.8. The van der Waals surface area contributed by atoms with E-state index in [1.165, 1.54) is 12.1 Å². The molecule has 0 radical (unpaired) electrons. The smallest absolute Gasteiger partial charge is 0.252 e. The largest absolute Gasteiger partial charge is 0.364 e. The summed E-state index contributed by atoms with van der Waals surface area (Å²) >= 11 is 0. The minimum Gasteiger partial charge on any atom is -0.364 e. The highest BCUT2D eigenvalue weighted by molar-refractivity contribution is 5.89. The van der Waals surface area contributed by atoms with Crippen molar-refractivity contribution < 1.29 is 8.91 Å². The number of pyridine rings is 2. The van der Waals surface area contributed by atoms with E-state index in [2.05, 4.69) is 44.8 Å². The van der Waals surface area contributed by atoms with Gasteiger partial charge in [-0.1, -0.05) is 17.3 Å². The van der Waals surface area contributed by atoms with Gasteiger partial charge in [0, 0.05) is 56.7 Å². The van der Waals surface area contributed by atoms with Crippen LogP contribution in [0.15, 0.2) is 51.8 Å². The van der Waals surface area contributed by atoms with Crippen molar-refractivity contribution in [3.05, 3.63) is 81.6 Å². The van der Waals surface area contributed by atoms with Crippen LogP contribution in [0, 0.1) is 17.1 Å². The van der Waals surface area contributed by atoms with Crippen molar-refractivity contribution in [3.8, 4) is 6.07 Å². The minimum atomic E-state index is -0.278. The lowest BCUT2D eigenvalue weighted by molar-refractivity contribution is 0.104. The van der Waals surface area contributed by atoms with Crippen molar-refractivity contribution in [2.45, 2.75) is 57.2 Å². The number of halogens is 1. The van der Waals surface area contributed by atoms with Crippen molar-refractivity contribution in [1.82, 2.24) is 24.6 Å². The Kier molecular flexibility index (Phi) is 6.39. The summed E-state index contributed by atoms with van der Waals surface area (Å²) in [5, 5.41) is 13.6. The third-order valence-corrected chi connectivity index (χ3v) is 7.98. The van der Waals surface area contributed by atoms with Gasteiger partial charge in [-0.05, 0) is 56.5 Å². The zero-order valence-electron chi connectivity index (χ0n) is 22.2. The fourth-order valence-corrected chi connectivity index (χ4v) is 5.65. The van der Waals surface area contributed by atoms with E-state index < -0.39 is 0 Å². The number of aryl methyl sites for hydroxylation is 1. The van der Waals surface area contributed by atoms with Gasteiger partial charge in [-0.3, -0.25) is 9.69 Å². The molecule has 1 aromatic carbocycles. The second kappa shape index (κ2) is 9.89. The van der Waals surface area contributed by atoms with Gasteiger partial charge in [-0.15, -0.1) is 0 Å². The van der Waals surface area contributed by atoms with Crippen molar-refractivity contribution in [3.63, 3.8) is 0 Å². The number of benzene rings is 1. The van der Waals surface area contributed by atoms with Gasteiger partial charge in [-0.2, -0.15) is 10.2 Å². The third-order valence-electron chi connectivity index (χ3n) is 7.98. The summed E-state index contributed by atoms with van der Waals surface area (Å²) in [5.41, 5.74) is 3.22. The first-order valence-electron chi connectivity index (χ1n) is 13.3. The second-order valence-corrected chi connectivity index (χ2v) is 10.7. The van der Waals surface area contributed by atoms with E-state index in [4.69, 9.17) is 4.52 Å². The van der Waals surface area contributed by atoms with Crippen LogP contribution in [0.1, 0.15) is 61.6 Å². The van der Waals surface area contributed by atoms with Crippen LogP contribution in [-0.4, -0.2) is 49.8 Å². The molecule has 0 spiro atoms. The number of hydrogen-bond donors (Lipinski definition) is 0. The molecular weight excluding hydrogens is 497 g/mol. The van der Waals surface area contributed by atoms with E-state index in [1.807, 2.05) is 12.1 Å². The number of aromatic nitrogens is 4. The molecule has 2 unspecified atom stereocenters. The predicted molar refractivity (Wildman–Crippen MR) is 144 cm³/mol. The Labute approximate surface area is 225 Å². The summed E-state index contributed by atoms with van der Waals surface area (Å²) < 4.78 is 21.0. The van der Waals surface area contributed by atoms with Gasteiger partial charge >= 0.3 is 0 Å². The molecule has 1 saturated heterocycles. The molecular formula is C29H30FN7O2. The Balaban J connectivity index is 1.33. The molecule has 1 saturated carbocycles. The molecule has 1 aliphatic carbocycles. The van der Waals surface area contributed by atoms with Gasteiger partial charge < -0.3 is 14.0 Å². The monoisotopic (exact) mass is 527 g/mol. The fraction of sp³-hybridized carbons (Fsp3) is 0.414. The SMILES string of the molecule is CC1CN(c2cc(=O)n(C)c3ccc(C#N)nc23)[C@@H](C)CN1C(Cc1nc(C2CC2)no1)c1ccc(F)cc1. The van der Waals surface area contributed by atoms with Gasteiger partial charge in [0.2, 0.25) is 5.89 Å². The Morgan fingerprint density at radius 3 is 2.59 bits per heavy atom. The number of nitrogens with zero attached hydrogens (tertiary/aromatic N) is 7. The van der Waals surface area contributed by atoms with Crippen LogP contribution in [0.3, 0.4) is 0 Å². The molecule has 4 aromatic rings. The van der Waals surface area contributed by atoms with E-state index >= 15 is 0 Å². The first-order chi connectivity index (χ1) is 18.8. The second-order valence-electron chi connectivity index (χ2n) is 10.7. The lowest BCUT2D eigenvalue weighted by atomic mass is 9.96. The lowest BCUT2D eigenvalue weighted by Crippen LogP contribution is -2.57. The van der Waals surface area contributed by atoms with Crippen LogP contribution in [0.5, 0.6) is 0 Å². The highest BCUT2D eigenvalue weighted by atomic mass is 19.1. The summed E-state index contributed by atoms with van der Waals surface area (Å²) in [6.45, 7) is 5.59. The number of piperazine rings is 1. The highest BCUT2D eigenvalue weighted by Gasteiger charge is 2.37. The zero-order chi connectivity index (χ0) is 27.3. The van der Waals surface area contributed by atoms with Gasteiger partial charge in [-0.25, -0.2) is 9.37 Å². The summed E-state index contributed by atoms with van der Waals surface area (Å²) in [6, 6.07) is 13.8. The molecule has 0 amide bonds. The molecule has 4 heterocycles. The van der Waals surface area contributed by atoms with Crippen LogP contribution in [0.4, 0.5) is 10.1 Å². The molecule has 9 nitrogen and oxygen atoms in total. The molecule has 6 rings (SSSR count). The first kappa shape index (κ1) is 25.2. The number of nitriles is 1. The molecule has 3 aromatic heterocycles. The van der Waals surface area contributed by atoms with Crippen LogP contribution in [0.2, 0.25) is 0 Å². The van der Waals surface area contributed by atoms with E-state index in [0.29, 0.717) is 48.0 Å². The fourth-order valence-electron chi connectivity index (χ4n) is 5.65. The first-order valence-corrected chi connectivity index (χ1v) is 13.3. The van der Waals surface area contributed by atoms with E-state index in [1.54, 1.807) is 29.8 Å². The zero-order valence-corrected chi connectivity index (χ0v) is 22.2. The Morgan fingerprint density at radius 1 is 1.10 bits per heavy atom. The third kappa shape index (κ3) is 4.79. The number of anilines is 1. The van der Waals surface area contributed by atoms with Gasteiger partial charge in [0.25, 0.3) is 5.56 Å². The van der Waals surface area contributed by atoms with Crippen LogP contribution < -0.4 is 10.5 Å². The quantitative estimate of drug-likeness (QED) is 0.369. The molecule has 0 bridgehead atoms. The van der Waals surface area contributed by atoms with Crippen LogP contribution >= 0.6 is 0 Å². The lowest BCUT2D eigenvalue weighted by Gasteiger charge is -2.48. The van der Waals surface area contributed by atoms with E-state index in [-0.39, 0.29) is 29.5 Å². The number of hydrogen-bond acceptors (Lipinski definition) is 8. The summed E-state index contributed by atoms with van der Waals surface area (Å²) in [7, 11) is 1.71. The van der Waals surface area contributed by atoms with Crippen molar-refractivity contribution in [2.75, 3.05) is 18.0 Å². The molecule has 1 aliphatic heterocycles. The molecule has 39 heavy (non-hydrogen) atoms. The Hall–Kier alpha value is -4.10. The van der Waals surface area contributed by atoms with Crippen molar-refractivity contribution >= 4 is 16.7 Å². The average molecular weight is 528 g/mol.